The molecule has 2 heterocycles. The molecule has 0 radical (unpaired) electrons. The lowest BCUT2D eigenvalue weighted by molar-refractivity contribution is 0.669. The van der Waals surface area contributed by atoms with Gasteiger partial charge in [-0.25, -0.2) is 0 Å². The molecule has 0 atom stereocenters. The number of benzene rings is 7. The van der Waals surface area contributed by atoms with Crippen LogP contribution in [0.5, 0.6) is 0 Å². The summed E-state index contributed by atoms with van der Waals surface area (Å²) in [6.45, 7) is 0. The third kappa shape index (κ3) is 4.58. The van der Waals surface area contributed by atoms with E-state index < -0.39 is 0 Å². The minimum absolute atomic E-state index is 0.896. The van der Waals surface area contributed by atoms with Crippen LogP contribution in [0.3, 0.4) is 0 Å². The van der Waals surface area contributed by atoms with E-state index in [1.165, 1.54) is 49.7 Å². The third-order valence-corrected chi connectivity index (χ3v) is 10.0. The molecule has 232 valence electrons. The van der Waals surface area contributed by atoms with E-state index >= 15 is 0 Å². The first-order chi connectivity index (χ1) is 24.3. The summed E-state index contributed by atoms with van der Waals surface area (Å²) in [5.74, 6) is 0. The average molecular weight is 629 g/mol. The molecule has 49 heavy (non-hydrogen) atoms. The van der Waals surface area contributed by atoms with Gasteiger partial charge in [-0.2, -0.15) is 0 Å². The standard InChI is InChI=1S/C46H32N2O/c1-2-12-35(13-3-1)48-43-16-8-6-14-39(43)41-29-34(21-26-44(41)48)32-18-22-36(23-19-32)47(37-24-20-31-10-4-5-11-33(31)28-37)38-25-27-46-42(30-38)40-15-7-9-17-45(40)49-46/h1-7,9-15,17-30H,8,16H2. The molecule has 1 aliphatic carbocycles. The number of para-hydroxylation sites is 2. The number of aromatic nitrogens is 1. The van der Waals surface area contributed by atoms with E-state index in [2.05, 4.69) is 167 Å². The number of anilines is 3. The summed E-state index contributed by atoms with van der Waals surface area (Å²) in [7, 11) is 0. The van der Waals surface area contributed by atoms with Crippen molar-refractivity contribution in [3.05, 3.63) is 175 Å². The lowest BCUT2D eigenvalue weighted by Crippen LogP contribution is -2.09. The van der Waals surface area contributed by atoms with Gasteiger partial charge in [-0.3, -0.25) is 0 Å². The largest absolute Gasteiger partial charge is 0.456 e. The van der Waals surface area contributed by atoms with Crippen LogP contribution in [-0.4, -0.2) is 4.57 Å². The lowest BCUT2D eigenvalue weighted by atomic mass is 9.98. The molecule has 10 rings (SSSR count). The number of rotatable bonds is 5. The maximum absolute atomic E-state index is 6.19. The number of hydrogen-bond donors (Lipinski definition) is 0. The fourth-order valence-corrected chi connectivity index (χ4v) is 7.69. The Morgan fingerprint density at radius 2 is 1.22 bits per heavy atom. The van der Waals surface area contributed by atoms with Gasteiger partial charge in [-0.1, -0.05) is 97.1 Å². The summed E-state index contributed by atoms with van der Waals surface area (Å²) in [4.78, 5) is 2.35. The third-order valence-electron chi connectivity index (χ3n) is 10.0. The maximum atomic E-state index is 6.19. The van der Waals surface area contributed by atoms with Crippen molar-refractivity contribution in [1.29, 1.82) is 0 Å². The molecular formula is C46H32N2O. The first kappa shape index (κ1) is 27.8. The molecule has 3 heteroatoms. The van der Waals surface area contributed by atoms with Gasteiger partial charge >= 0.3 is 0 Å². The van der Waals surface area contributed by atoms with Crippen LogP contribution in [0.4, 0.5) is 17.1 Å². The van der Waals surface area contributed by atoms with Crippen molar-refractivity contribution < 1.29 is 4.42 Å². The van der Waals surface area contributed by atoms with Crippen LogP contribution in [0.1, 0.15) is 17.7 Å². The van der Waals surface area contributed by atoms with Crippen molar-refractivity contribution in [2.75, 3.05) is 4.90 Å². The van der Waals surface area contributed by atoms with E-state index in [1.54, 1.807) is 0 Å². The summed E-state index contributed by atoms with van der Waals surface area (Å²) >= 11 is 0. The smallest absolute Gasteiger partial charge is 0.135 e. The van der Waals surface area contributed by atoms with Crippen molar-refractivity contribution >= 4 is 66.8 Å². The fourth-order valence-electron chi connectivity index (χ4n) is 7.69. The lowest BCUT2D eigenvalue weighted by Gasteiger charge is -2.26. The van der Waals surface area contributed by atoms with Crippen LogP contribution in [0.15, 0.2) is 168 Å². The van der Waals surface area contributed by atoms with Gasteiger partial charge in [0.2, 0.25) is 0 Å². The highest BCUT2D eigenvalue weighted by molar-refractivity contribution is 6.06. The van der Waals surface area contributed by atoms with Gasteiger partial charge in [0.15, 0.2) is 0 Å². The Hall–Kier alpha value is -6.32. The topological polar surface area (TPSA) is 21.3 Å². The summed E-state index contributed by atoms with van der Waals surface area (Å²) in [6, 6.07) is 56.7. The van der Waals surface area contributed by atoms with Crippen molar-refractivity contribution in [3.63, 3.8) is 0 Å². The van der Waals surface area contributed by atoms with Gasteiger partial charge in [0.25, 0.3) is 0 Å². The zero-order valence-electron chi connectivity index (χ0n) is 26.9. The second kappa shape index (κ2) is 11.1. The molecule has 0 saturated heterocycles. The van der Waals surface area contributed by atoms with Crippen LogP contribution in [0, 0.1) is 0 Å². The molecule has 0 fully saturated rings. The minimum Gasteiger partial charge on any atom is -0.456 e. The predicted molar refractivity (Wildman–Crippen MR) is 206 cm³/mol. The molecule has 0 aliphatic heterocycles. The highest BCUT2D eigenvalue weighted by atomic mass is 16.3. The molecule has 0 N–H and O–H groups in total. The number of nitrogens with zero attached hydrogens (tertiary/aromatic N) is 2. The number of hydrogen-bond acceptors (Lipinski definition) is 2. The van der Waals surface area contributed by atoms with E-state index in [4.69, 9.17) is 4.42 Å². The molecule has 0 unspecified atom stereocenters. The Bertz CT molecular complexity index is 2710. The van der Waals surface area contributed by atoms with Crippen LogP contribution in [-0.2, 0) is 6.42 Å². The Balaban J connectivity index is 1.09. The van der Waals surface area contributed by atoms with Crippen LogP contribution in [0.2, 0.25) is 0 Å². The van der Waals surface area contributed by atoms with Gasteiger partial charge in [0.05, 0.1) is 5.52 Å². The monoisotopic (exact) mass is 628 g/mol. The van der Waals surface area contributed by atoms with Crippen molar-refractivity contribution in [3.8, 4) is 16.8 Å². The second-order valence-corrected chi connectivity index (χ2v) is 12.9. The summed E-state index contributed by atoms with van der Waals surface area (Å²) in [5.41, 5.74) is 12.7. The average Bonchev–Trinajstić information content (AvgIpc) is 3.71. The normalized spacial score (nSPS) is 12.7. The highest BCUT2D eigenvalue weighted by Crippen LogP contribution is 2.41. The minimum atomic E-state index is 0.896. The zero-order valence-corrected chi connectivity index (χ0v) is 26.9. The Morgan fingerprint density at radius 3 is 2.12 bits per heavy atom. The quantitative estimate of drug-likeness (QED) is 0.189. The van der Waals surface area contributed by atoms with Gasteiger partial charge in [0, 0.05) is 50.2 Å². The Morgan fingerprint density at radius 1 is 0.510 bits per heavy atom. The van der Waals surface area contributed by atoms with Crippen LogP contribution in [0.25, 0.3) is 66.5 Å². The summed E-state index contributed by atoms with van der Waals surface area (Å²) < 4.78 is 8.64. The van der Waals surface area contributed by atoms with Crippen molar-refractivity contribution in [1.82, 2.24) is 4.57 Å². The highest BCUT2D eigenvalue weighted by Gasteiger charge is 2.20. The number of fused-ring (bicyclic) bond motifs is 7. The SMILES string of the molecule is C1=Cc2c(n(-c3ccccc3)c3ccc(-c4ccc(N(c5ccc6ccccc6c5)c5ccc6oc7ccccc7c6c5)cc4)cc23)CC1. The number of allylic oxidation sites excluding steroid dienone is 1. The summed E-state index contributed by atoms with van der Waals surface area (Å²) in [5, 5.41) is 5.98. The van der Waals surface area contributed by atoms with E-state index in [1.807, 2.05) is 12.1 Å². The van der Waals surface area contributed by atoms with Gasteiger partial charge in [-0.05, 0) is 108 Å². The van der Waals surface area contributed by atoms with Crippen LogP contribution < -0.4 is 4.90 Å². The second-order valence-electron chi connectivity index (χ2n) is 12.9. The van der Waals surface area contributed by atoms with E-state index in [0.717, 1.165) is 51.8 Å². The molecular weight excluding hydrogens is 597 g/mol. The molecule has 3 nitrogen and oxygen atoms in total. The molecule has 2 aromatic heterocycles. The van der Waals surface area contributed by atoms with Gasteiger partial charge in [0.1, 0.15) is 11.2 Å². The molecule has 0 amide bonds. The Labute approximate surface area is 284 Å². The van der Waals surface area contributed by atoms with Crippen molar-refractivity contribution in [2.24, 2.45) is 0 Å². The molecule has 0 spiro atoms. The zero-order chi connectivity index (χ0) is 32.3. The first-order valence-corrected chi connectivity index (χ1v) is 17.0. The first-order valence-electron chi connectivity index (χ1n) is 17.0. The molecule has 9 aromatic rings. The predicted octanol–water partition coefficient (Wildman–Crippen LogP) is 12.8. The van der Waals surface area contributed by atoms with Crippen molar-refractivity contribution in [2.45, 2.75) is 12.8 Å². The molecule has 0 bridgehead atoms. The maximum Gasteiger partial charge on any atom is 0.135 e. The van der Waals surface area contributed by atoms with Crippen LogP contribution >= 0.6 is 0 Å². The molecule has 1 aliphatic rings. The van der Waals surface area contributed by atoms with Gasteiger partial charge < -0.3 is 13.9 Å². The van der Waals surface area contributed by atoms with Gasteiger partial charge in [-0.15, -0.1) is 0 Å². The molecule has 0 saturated carbocycles. The fraction of sp³-hybridized carbons (Fsp3) is 0.0435. The molecule has 7 aromatic carbocycles. The number of furan rings is 1. The Kier molecular flexibility index (Phi) is 6.31. The van der Waals surface area contributed by atoms with E-state index in [9.17, 15) is 0 Å². The van der Waals surface area contributed by atoms with E-state index in [0.29, 0.717) is 0 Å². The summed E-state index contributed by atoms with van der Waals surface area (Å²) in [6.07, 6.45) is 6.74. The van der Waals surface area contributed by atoms with E-state index in [-0.39, 0.29) is 0 Å².